The Morgan fingerprint density at radius 3 is 2.70 bits per heavy atom. The molecular formula is C16H16FNO2. The quantitative estimate of drug-likeness (QED) is 0.866. The average Bonchev–Trinajstić information content (AvgIpc) is 2.45. The van der Waals surface area contributed by atoms with Crippen LogP contribution in [-0.2, 0) is 11.3 Å². The van der Waals surface area contributed by atoms with E-state index in [9.17, 15) is 9.18 Å². The molecule has 0 aliphatic heterocycles. The Morgan fingerprint density at radius 1 is 1.25 bits per heavy atom. The third kappa shape index (κ3) is 3.35. The summed E-state index contributed by atoms with van der Waals surface area (Å²) in [6.45, 7) is 2.35. The Kier molecular flexibility index (Phi) is 4.35. The minimum absolute atomic E-state index is 0.212. The molecule has 3 nitrogen and oxygen atoms in total. The number of methoxy groups -OCH3 is 1. The van der Waals surface area contributed by atoms with Gasteiger partial charge in [-0.15, -0.1) is 0 Å². The summed E-state index contributed by atoms with van der Waals surface area (Å²) >= 11 is 0. The van der Waals surface area contributed by atoms with Crippen LogP contribution in [0.15, 0.2) is 42.5 Å². The molecule has 0 aliphatic rings. The molecule has 4 heteroatoms. The number of ether oxygens (including phenoxy) is 1. The molecule has 0 heterocycles. The number of nitrogens with one attached hydrogen (secondary N) is 1. The molecule has 0 saturated carbocycles. The lowest BCUT2D eigenvalue weighted by Gasteiger charge is -2.09. The summed E-state index contributed by atoms with van der Waals surface area (Å²) in [4.78, 5) is 11.3. The molecule has 2 rings (SSSR count). The largest absolute Gasteiger partial charge is 0.465 e. The Labute approximate surface area is 117 Å². The Hall–Kier alpha value is -2.36. The van der Waals surface area contributed by atoms with E-state index >= 15 is 0 Å². The van der Waals surface area contributed by atoms with Crippen LogP contribution in [-0.4, -0.2) is 13.1 Å². The number of carbonyl (C=O) groups is 1. The molecule has 104 valence electrons. The lowest BCUT2D eigenvalue weighted by Crippen LogP contribution is -2.05. The van der Waals surface area contributed by atoms with Gasteiger partial charge in [0.2, 0.25) is 0 Å². The van der Waals surface area contributed by atoms with E-state index < -0.39 is 11.8 Å². The van der Waals surface area contributed by atoms with Crippen molar-refractivity contribution in [2.75, 3.05) is 12.4 Å². The maximum atomic E-state index is 13.9. The van der Waals surface area contributed by atoms with Gasteiger partial charge in [0.05, 0.1) is 12.7 Å². The van der Waals surface area contributed by atoms with Gasteiger partial charge in [-0.3, -0.25) is 0 Å². The monoisotopic (exact) mass is 273 g/mol. The molecule has 0 atom stereocenters. The van der Waals surface area contributed by atoms with E-state index in [2.05, 4.69) is 10.1 Å². The second-order valence-electron chi connectivity index (χ2n) is 4.52. The lowest BCUT2D eigenvalue weighted by molar-refractivity contribution is 0.0600. The zero-order valence-electron chi connectivity index (χ0n) is 11.4. The zero-order valence-corrected chi connectivity index (χ0v) is 11.4. The summed E-state index contributed by atoms with van der Waals surface area (Å²) in [5.74, 6) is -0.963. The minimum Gasteiger partial charge on any atom is -0.465 e. The number of esters is 1. The van der Waals surface area contributed by atoms with Gasteiger partial charge in [-0.2, -0.15) is 0 Å². The fourth-order valence-corrected chi connectivity index (χ4v) is 1.89. The number of hydrogen-bond donors (Lipinski definition) is 1. The maximum Gasteiger partial charge on any atom is 0.337 e. The van der Waals surface area contributed by atoms with E-state index in [4.69, 9.17) is 0 Å². The van der Waals surface area contributed by atoms with Gasteiger partial charge < -0.3 is 10.1 Å². The maximum absolute atomic E-state index is 13.9. The molecule has 2 aromatic carbocycles. The molecule has 2 aromatic rings. The highest BCUT2D eigenvalue weighted by Gasteiger charge is 2.09. The molecular weight excluding hydrogens is 257 g/mol. The van der Waals surface area contributed by atoms with Crippen molar-refractivity contribution in [3.05, 3.63) is 65.0 Å². The summed E-state index contributed by atoms with van der Waals surface area (Å²) < 4.78 is 18.4. The summed E-state index contributed by atoms with van der Waals surface area (Å²) in [6.07, 6.45) is 0. The number of rotatable bonds is 4. The van der Waals surface area contributed by atoms with E-state index in [1.165, 1.54) is 13.2 Å². The topological polar surface area (TPSA) is 38.3 Å². The molecule has 0 fully saturated rings. The van der Waals surface area contributed by atoms with E-state index in [1.54, 1.807) is 12.1 Å². The van der Waals surface area contributed by atoms with Crippen molar-refractivity contribution in [3.8, 4) is 0 Å². The SMILES string of the molecule is COC(=O)c1ccc(CNc2cccc(C)c2)c(F)c1. The van der Waals surface area contributed by atoms with Crippen molar-refractivity contribution in [1.29, 1.82) is 0 Å². The van der Waals surface area contributed by atoms with Crippen LogP contribution in [0.25, 0.3) is 0 Å². The van der Waals surface area contributed by atoms with Crippen LogP contribution in [0.1, 0.15) is 21.5 Å². The number of benzene rings is 2. The molecule has 0 unspecified atom stereocenters. The predicted octanol–water partition coefficient (Wildman–Crippen LogP) is 3.53. The highest BCUT2D eigenvalue weighted by atomic mass is 19.1. The van der Waals surface area contributed by atoms with Gasteiger partial charge in [0.25, 0.3) is 0 Å². The standard InChI is InChI=1S/C16H16FNO2/c1-11-4-3-5-14(8-11)18-10-13-7-6-12(9-15(13)17)16(19)20-2/h3-9,18H,10H2,1-2H3. The predicted molar refractivity (Wildman–Crippen MR) is 76.2 cm³/mol. The third-order valence-corrected chi connectivity index (χ3v) is 2.98. The number of hydrogen-bond acceptors (Lipinski definition) is 3. The van der Waals surface area contributed by atoms with Gasteiger partial charge in [0.15, 0.2) is 0 Å². The fraction of sp³-hybridized carbons (Fsp3) is 0.188. The first-order valence-electron chi connectivity index (χ1n) is 6.27. The van der Waals surface area contributed by atoms with Crippen LogP contribution in [0.4, 0.5) is 10.1 Å². The Bertz CT molecular complexity index is 626. The molecule has 0 spiro atoms. The van der Waals surface area contributed by atoms with Crippen molar-refractivity contribution in [2.24, 2.45) is 0 Å². The smallest absolute Gasteiger partial charge is 0.337 e. The van der Waals surface area contributed by atoms with Crippen LogP contribution in [0.2, 0.25) is 0 Å². The van der Waals surface area contributed by atoms with Crippen LogP contribution in [0.3, 0.4) is 0 Å². The molecule has 1 N–H and O–H groups in total. The molecule has 0 aromatic heterocycles. The summed E-state index contributed by atoms with van der Waals surface area (Å²) in [7, 11) is 1.27. The van der Waals surface area contributed by atoms with Gasteiger partial charge >= 0.3 is 5.97 Å². The number of halogens is 1. The Morgan fingerprint density at radius 2 is 2.05 bits per heavy atom. The fourth-order valence-electron chi connectivity index (χ4n) is 1.89. The minimum atomic E-state index is -0.540. The molecule has 0 bridgehead atoms. The van der Waals surface area contributed by atoms with Crippen LogP contribution < -0.4 is 5.32 Å². The highest BCUT2D eigenvalue weighted by molar-refractivity contribution is 5.89. The Balaban J connectivity index is 2.08. The van der Waals surface area contributed by atoms with Crippen molar-refractivity contribution < 1.29 is 13.9 Å². The zero-order chi connectivity index (χ0) is 14.5. The van der Waals surface area contributed by atoms with Crippen molar-refractivity contribution in [2.45, 2.75) is 13.5 Å². The molecule has 0 saturated heterocycles. The molecule has 0 amide bonds. The number of anilines is 1. The van der Waals surface area contributed by atoms with Gasteiger partial charge in [-0.1, -0.05) is 18.2 Å². The summed E-state index contributed by atoms with van der Waals surface area (Å²) in [5.41, 5.74) is 2.78. The average molecular weight is 273 g/mol. The van der Waals surface area contributed by atoms with Crippen LogP contribution in [0, 0.1) is 12.7 Å². The van der Waals surface area contributed by atoms with E-state index in [0.29, 0.717) is 12.1 Å². The van der Waals surface area contributed by atoms with Crippen molar-refractivity contribution >= 4 is 11.7 Å². The lowest BCUT2D eigenvalue weighted by atomic mass is 10.1. The normalized spacial score (nSPS) is 10.2. The molecule has 0 aliphatic carbocycles. The highest BCUT2D eigenvalue weighted by Crippen LogP contribution is 2.15. The van der Waals surface area contributed by atoms with Gasteiger partial charge in [-0.05, 0) is 36.8 Å². The van der Waals surface area contributed by atoms with E-state index in [1.807, 2.05) is 31.2 Å². The summed E-state index contributed by atoms with van der Waals surface area (Å²) in [6, 6.07) is 12.2. The first-order valence-corrected chi connectivity index (χ1v) is 6.27. The molecule has 20 heavy (non-hydrogen) atoms. The van der Waals surface area contributed by atoms with Crippen molar-refractivity contribution in [1.82, 2.24) is 0 Å². The van der Waals surface area contributed by atoms with Gasteiger partial charge in [0.1, 0.15) is 5.82 Å². The van der Waals surface area contributed by atoms with Gasteiger partial charge in [0, 0.05) is 17.8 Å². The number of aryl methyl sites for hydroxylation is 1. The number of carbonyl (C=O) groups excluding carboxylic acids is 1. The second kappa shape index (κ2) is 6.19. The van der Waals surface area contributed by atoms with Gasteiger partial charge in [-0.25, -0.2) is 9.18 Å². The van der Waals surface area contributed by atoms with E-state index in [-0.39, 0.29) is 5.56 Å². The molecule has 0 radical (unpaired) electrons. The van der Waals surface area contributed by atoms with E-state index in [0.717, 1.165) is 11.3 Å². The first-order chi connectivity index (χ1) is 9.60. The second-order valence-corrected chi connectivity index (χ2v) is 4.52. The van der Waals surface area contributed by atoms with Crippen LogP contribution >= 0.6 is 0 Å². The van der Waals surface area contributed by atoms with Crippen LogP contribution in [0.5, 0.6) is 0 Å². The summed E-state index contributed by atoms with van der Waals surface area (Å²) in [5, 5.41) is 3.15. The van der Waals surface area contributed by atoms with Crippen molar-refractivity contribution in [3.63, 3.8) is 0 Å². The third-order valence-electron chi connectivity index (χ3n) is 2.98. The first kappa shape index (κ1) is 14.1.